The summed E-state index contributed by atoms with van der Waals surface area (Å²) in [6, 6.07) is 7.99. The fourth-order valence-corrected chi connectivity index (χ4v) is 1.63. The number of carbonyl (C=O) groups excluding carboxylic acids is 1. The Kier molecular flexibility index (Phi) is 3.37. The highest BCUT2D eigenvalue weighted by atomic mass is 16.5. The third kappa shape index (κ3) is 2.49. The molecule has 1 aromatic rings. The van der Waals surface area contributed by atoms with Crippen molar-refractivity contribution < 1.29 is 9.53 Å². The Hall–Kier alpha value is -1.61. The van der Waals surface area contributed by atoms with E-state index in [9.17, 15) is 4.79 Å². The molecule has 0 unspecified atom stereocenters. The van der Waals surface area contributed by atoms with Crippen LogP contribution < -0.4 is 0 Å². The lowest BCUT2D eigenvalue weighted by molar-refractivity contribution is -0.126. The van der Waals surface area contributed by atoms with Crippen molar-refractivity contribution in [1.82, 2.24) is 4.90 Å². The second-order valence-electron chi connectivity index (χ2n) is 3.83. The molecule has 0 saturated carbocycles. The van der Waals surface area contributed by atoms with Crippen molar-refractivity contribution >= 4 is 12.0 Å². The molecule has 0 aliphatic carbocycles. The van der Waals surface area contributed by atoms with Gasteiger partial charge < -0.3 is 9.64 Å². The molecule has 1 amide bonds. The summed E-state index contributed by atoms with van der Waals surface area (Å²) in [6.45, 7) is 3.78. The number of ether oxygens (including phenoxy) is 1. The van der Waals surface area contributed by atoms with Crippen molar-refractivity contribution in [3.05, 3.63) is 41.5 Å². The van der Waals surface area contributed by atoms with E-state index in [1.54, 1.807) is 11.0 Å². The zero-order chi connectivity index (χ0) is 11.4. The maximum atomic E-state index is 11.7. The van der Waals surface area contributed by atoms with Crippen molar-refractivity contribution in [2.75, 3.05) is 19.9 Å². The number of benzene rings is 1. The van der Waals surface area contributed by atoms with Crippen LogP contribution in [0.3, 0.4) is 0 Å². The largest absolute Gasteiger partial charge is 0.359 e. The van der Waals surface area contributed by atoms with Gasteiger partial charge in [-0.1, -0.05) is 24.3 Å². The Morgan fingerprint density at radius 3 is 2.94 bits per heavy atom. The minimum atomic E-state index is 0.0146. The van der Waals surface area contributed by atoms with Gasteiger partial charge in [0.15, 0.2) is 0 Å². The first kappa shape index (κ1) is 10.9. The molecule has 1 saturated heterocycles. The van der Waals surface area contributed by atoms with Gasteiger partial charge >= 0.3 is 0 Å². The molecule has 16 heavy (non-hydrogen) atoms. The number of carbonyl (C=O) groups is 1. The Balaban J connectivity index is 2.03. The summed E-state index contributed by atoms with van der Waals surface area (Å²) in [5.41, 5.74) is 2.25. The molecule has 1 aromatic carbocycles. The summed E-state index contributed by atoms with van der Waals surface area (Å²) in [6.07, 6.45) is 3.47. The first-order valence-corrected chi connectivity index (χ1v) is 5.38. The van der Waals surface area contributed by atoms with Crippen LogP contribution in [-0.2, 0) is 9.53 Å². The van der Waals surface area contributed by atoms with Crippen molar-refractivity contribution in [2.24, 2.45) is 0 Å². The van der Waals surface area contributed by atoms with E-state index in [2.05, 4.69) is 0 Å². The van der Waals surface area contributed by atoms with E-state index in [1.165, 1.54) is 5.56 Å². The highest BCUT2D eigenvalue weighted by Gasteiger charge is 2.15. The van der Waals surface area contributed by atoms with E-state index in [1.807, 2.05) is 37.3 Å². The maximum absolute atomic E-state index is 11.7. The first-order valence-electron chi connectivity index (χ1n) is 5.38. The minimum absolute atomic E-state index is 0.0146. The molecule has 0 radical (unpaired) electrons. The molecule has 0 atom stereocenters. The minimum Gasteiger partial charge on any atom is -0.359 e. The second-order valence-corrected chi connectivity index (χ2v) is 3.83. The zero-order valence-electron chi connectivity index (χ0n) is 9.35. The molecular weight excluding hydrogens is 202 g/mol. The standard InChI is InChI=1S/C13H15NO2/c1-11-4-2-3-5-12(11)6-7-13(15)14-8-9-16-10-14/h2-7H,8-10H2,1H3. The lowest BCUT2D eigenvalue weighted by Crippen LogP contribution is -2.26. The highest BCUT2D eigenvalue weighted by Crippen LogP contribution is 2.09. The fourth-order valence-electron chi connectivity index (χ4n) is 1.63. The molecule has 1 aliphatic rings. The van der Waals surface area contributed by atoms with Gasteiger partial charge in [0.1, 0.15) is 6.73 Å². The topological polar surface area (TPSA) is 29.5 Å². The summed E-state index contributed by atoms with van der Waals surface area (Å²) in [5, 5.41) is 0. The predicted octanol–water partition coefficient (Wildman–Crippen LogP) is 1.82. The van der Waals surface area contributed by atoms with Gasteiger partial charge in [-0.3, -0.25) is 4.79 Å². The molecule has 0 spiro atoms. The van der Waals surface area contributed by atoms with Crippen molar-refractivity contribution in [2.45, 2.75) is 6.92 Å². The average Bonchev–Trinajstić information content (AvgIpc) is 2.81. The molecule has 3 heteroatoms. The van der Waals surface area contributed by atoms with E-state index in [0.29, 0.717) is 19.9 Å². The third-order valence-electron chi connectivity index (χ3n) is 2.66. The first-order chi connectivity index (χ1) is 7.77. The SMILES string of the molecule is Cc1ccccc1C=CC(=O)N1CCOC1. The number of nitrogens with zero attached hydrogens (tertiary/aromatic N) is 1. The second kappa shape index (κ2) is 4.94. The van der Waals surface area contributed by atoms with Gasteiger partial charge in [0.25, 0.3) is 0 Å². The molecule has 84 valence electrons. The summed E-state index contributed by atoms with van der Waals surface area (Å²) in [7, 11) is 0. The molecule has 0 aromatic heterocycles. The summed E-state index contributed by atoms with van der Waals surface area (Å²) in [5.74, 6) is 0.0146. The van der Waals surface area contributed by atoms with Crippen LogP contribution in [0, 0.1) is 6.92 Å². The van der Waals surface area contributed by atoms with Gasteiger partial charge in [0.05, 0.1) is 6.61 Å². The van der Waals surface area contributed by atoms with Crippen LogP contribution in [0.5, 0.6) is 0 Å². The summed E-state index contributed by atoms with van der Waals surface area (Å²) >= 11 is 0. The van der Waals surface area contributed by atoms with Crippen LogP contribution in [-0.4, -0.2) is 30.7 Å². The van der Waals surface area contributed by atoms with E-state index < -0.39 is 0 Å². The Morgan fingerprint density at radius 2 is 2.25 bits per heavy atom. The molecule has 3 nitrogen and oxygen atoms in total. The molecule has 2 rings (SSSR count). The molecule has 0 N–H and O–H groups in total. The van der Waals surface area contributed by atoms with E-state index >= 15 is 0 Å². The van der Waals surface area contributed by atoms with E-state index in [0.717, 1.165) is 5.56 Å². The Morgan fingerprint density at radius 1 is 1.44 bits per heavy atom. The normalized spacial score (nSPS) is 15.9. The van der Waals surface area contributed by atoms with E-state index in [4.69, 9.17) is 4.74 Å². The lowest BCUT2D eigenvalue weighted by Gasteiger charge is -2.09. The van der Waals surface area contributed by atoms with Crippen LogP contribution in [0.15, 0.2) is 30.3 Å². The molecule has 1 heterocycles. The molecule has 0 bridgehead atoms. The molecular formula is C13H15NO2. The van der Waals surface area contributed by atoms with Gasteiger partial charge in [-0.15, -0.1) is 0 Å². The average molecular weight is 217 g/mol. The monoisotopic (exact) mass is 217 g/mol. The van der Waals surface area contributed by atoms with Crippen LogP contribution in [0.25, 0.3) is 6.08 Å². The number of aryl methyl sites for hydroxylation is 1. The smallest absolute Gasteiger partial charge is 0.248 e. The van der Waals surface area contributed by atoms with Crippen LogP contribution >= 0.6 is 0 Å². The van der Waals surface area contributed by atoms with Crippen molar-refractivity contribution in [3.8, 4) is 0 Å². The highest BCUT2D eigenvalue weighted by molar-refractivity contribution is 5.92. The van der Waals surface area contributed by atoms with Gasteiger partial charge in [0.2, 0.25) is 5.91 Å². The quantitative estimate of drug-likeness (QED) is 0.707. The Bertz CT molecular complexity index is 406. The maximum Gasteiger partial charge on any atom is 0.248 e. The molecule has 1 fully saturated rings. The van der Waals surface area contributed by atoms with Crippen LogP contribution in [0.1, 0.15) is 11.1 Å². The van der Waals surface area contributed by atoms with Gasteiger partial charge in [-0.05, 0) is 24.1 Å². The lowest BCUT2D eigenvalue weighted by atomic mass is 10.1. The summed E-state index contributed by atoms with van der Waals surface area (Å²) in [4.78, 5) is 13.4. The third-order valence-corrected chi connectivity index (χ3v) is 2.66. The predicted molar refractivity (Wildman–Crippen MR) is 62.7 cm³/mol. The summed E-state index contributed by atoms with van der Waals surface area (Å²) < 4.78 is 5.13. The molecule has 1 aliphatic heterocycles. The van der Waals surface area contributed by atoms with Crippen LogP contribution in [0.2, 0.25) is 0 Å². The number of rotatable bonds is 2. The fraction of sp³-hybridized carbons (Fsp3) is 0.308. The number of amides is 1. The van der Waals surface area contributed by atoms with Gasteiger partial charge in [-0.2, -0.15) is 0 Å². The Labute approximate surface area is 95.3 Å². The van der Waals surface area contributed by atoms with Crippen molar-refractivity contribution in [3.63, 3.8) is 0 Å². The number of hydrogen-bond donors (Lipinski definition) is 0. The number of hydrogen-bond acceptors (Lipinski definition) is 2. The van der Waals surface area contributed by atoms with Gasteiger partial charge in [-0.25, -0.2) is 0 Å². The van der Waals surface area contributed by atoms with E-state index in [-0.39, 0.29) is 5.91 Å². The van der Waals surface area contributed by atoms with Gasteiger partial charge in [0, 0.05) is 12.6 Å². The van der Waals surface area contributed by atoms with Crippen LogP contribution in [0.4, 0.5) is 0 Å². The zero-order valence-corrected chi connectivity index (χ0v) is 9.35. The van der Waals surface area contributed by atoms with Crippen molar-refractivity contribution in [1.29, 1.82) is 0 Å².